The second kappa shape index (κ2) is 7.08. The van der Waals surface area contributed by atoms with Crippen LogP contribution >= 0.6 is 12.4 Å². The number of aromatic nitrogens is 2. The number of anilines is 1. The molecule has 1 aromatic carbocycles. The number of sulfonamides is 1. The molecule has 0 aliphatic carbocycles. The maximum atomic E-state index is 11.8. The Balaban J connectivity index is 0.00000208. The highest BCUT2D eigenvalue weighted by Gasteiger charge is 2.26. The van der Waals surface area contributed by atoms with Crippen molar-refractivity contribution in [3.05, 3.63) is 29.6 Å². The summed E-state index contributed by atoms with van der Waals surface area (Å²) in [5, 5.41) is 7.13. The highest BCUT2D eigenvalue weighted by molar-refractivity contribution is 7.92. The van der Waals surface area contributed by atoms with Gasteiger partial charge in [-0.3, -0.25) is 4.31 Å². The van der Waals surface area contributed by atoms with Gasteiger partial charge in [-0.1, -0.05) is 5.16 Å². The second-order valence-corrected chi connectivity index (χ2v) is 7.75. The van der Waals surface area contributed by atoms with Gasteiger partial charge >= 0.3 is 0 Å². The number of likely N-dealkylation sites (N-methyl/N-ethyl adjacent to an activating group) is 1. The summed E-state index contributed by atoms with van der Waals surface area (Å²) < 4.78 is 30.3. The number of hydrogen-bond acceptors (Lipinski definition) is 6. The van der Waals surface area contributed by atoms with E-state index in [2.05, 4.69) is 15.5 Å². The van der Waals surface area contributed by atoms with Gasteiger partial charge in [-0.15, -0.1) is 12.4 Å². The van der Waals surface area contributed by atoms with Crippen molar-refractivity contribution in [2.75, 3.05) is 24.2 Å². The number of fused-ring (bicyclic) bond motifs is 1. The topological polar surface area (TPSA) is 88.3 Å². The van der Waals surface area contributed by atoms with Gasteiger partial charge in [-0.25, -0.2) is 8.42 Å². The molecule has 1 aromatic heterocycles. The van der Waals surface area contributed by atoms with Crippen molar-refractivity contribution in [1.82, 2.24) is 15.5 Å². The molecule has 0 fully saturated rings. The van der Waals surface area contributed by atoms with Crippen molar-refractivity contribution < 1.29 is 12.9 Å². The number of benzene rings is 1. The zero-order chi connectivity index (χ0) is 16.6. The van der Waals surface area contributed by atoms with Crippen LogP contribution in [-0.4, -0.2) is 44.4 Å². The average Bonchev–Trinajstić information content (AvgIpc) is 3.12. The molecule has 1 N–H and O–H groups in total. The van der Waals surface area contributed by atoms with E-state index in [9.17, 15) is 8.42 Å². The van der Waals surface area contributed by atoms with E-state index < -0.39 is 10.0 Å². The molecule has 9 heteroatoms. The predicted octanol–water partition coefficient (Wildman–Crippen LogP) is 1.63. The third kappa shape index (κ3) is 3.71. The van der Waals surface area contributed by atoms with Crippen molar-refractivity contribution in [2.24, 2.45) is 0 Å². The summed E-state index contributed by atoms with van der Waals surface area (Å²) in [7, 11) is -1.34. The second-order valence-electron chi connectivity index (χ2n) is 5.84. The largest absolute Gasteiger partial charge is 0.334 e. The van der Waals surface area contributed by atoms with Crippen molar-refractivity contribution in [2.45, 2.75) is 25.8 Å². The summed E-state index contributed by atoms with van der Waals surface area (Å²) in [5.41, 5.74) is 2.53. The molecule has 0 spiro atoms. The molecule has 1 aliphatic rings. The lowest BCUT2D eigenvalue weighted by Gasteiger charge is -2.16. The van der Waals surface area contributed by atoms with Crippen LogP contribution in [0.15, 0.2) is 22.7 Å². The van der Waals surface area contributed by atoms with Gasteiger partial charge in [0.05, 0.1) is 11.9 Å². The van der Waals surface area contributed by atoms with Crippen LogP contribution in [0.3, 0.4) is 0 Å². The SMILES string of the molecule is CNC(C)Cc1noc(-c2ccc3c(c2)CCN3S(C)(=O)=O)n1.Cl. The third-order valence-corrected chi connectivity index (χ3v) is 5.21. The lowest BCUT2D eigenvalue weighted by molar-refractivity contribution is 0.418. The molecule has 0 amide bonds. The zero-order valence-corrected chi connectivity index (χ0v) is 15.4. The van der Waals surface area contributed by atoms with Crippen LogP contribution in [0, 0.1) is 0 Å². The van der Waals surface area contributed by atoms with Crippen LogP contribution in [0.4, 0.5) is 5.69 Å². The van der Waals surface area contributed by atoms with Crippen LogP contribution in [0.5, 0.6) is 0 Å². The van der Waals surface area contributed by atoms with Gasteiger partial charge < -0.3 is 9.84 Å². The molecule has 1 aliphatic heterocycles. The van der Waals surface area contributed by atoms with Gasteiger partial charge in [-0.2, -0.15) is 4.98 Å². The lowest BCUT2D eigenvalue weighted by atomic mass is 10.1. The predicted molar refractivity (Wildman–Crippen MR) is 95.1 cm³/mol. The Labute approximate surface area is 147 Å². The maximum absolute atomic E-state index is 11.8. The zero-order valence-electron chi connectivity index (χ0n) is 13.8. The first-order valence-electron chi connectivity index (χ1n) is 7.49. The Bertz CT molecular complexity index is 822. The highest BCUT2D eigenvalue weighted by Crippen LogP contribution is 2.33. The fraction of sp³-hybridized carbons (Fsp3) is 0.467. The average molecular weight is 373 g/mol. The molecule has 0 radical (unpaired) electrons. The molecule has 132 valence electrons. The minimum atomic E-state index is -3.23. The van der Waals surface area contributed by atoms with E-state index in [1.54, 1.807) is 6.07 Å². The molecule has 7 nitrogen and oxygen atoms in total. The van der Waals surface area contributed by atoms with Crippen LogP contribution in [0.1, 0.15) is 18.3 Å². The number of nitrogens with zero attached hydrogens (tertiary/aromatic N) is 3. The summed E-state index contributed by atoms with van der Waals surface area (Å²) in [6.45, 7) is 2.53. The molecule has 3 rings (SSSR count). The van der Waals surface area contributed by atoms with Gasteiger partial charge in [0, 0.05) is 24.6 Å². The van der Waals surface area contributed by atoms with Crippen molar-refractivity contribution in [3.63, 3.8) is 0 Å². The van der Waals surface area contributed by atoms with Gasteiger partial charge in [-0.05, 0) is 44.2 Å². The normalized spacial score (nSPS) is 15.0. The Morgan fingerprint density at radius 1 is 1.42 bits per heavy atom. The van der Waals surface area contributed by atoms with E-state index >= 15 is 0 Å². The quantitative estimate of drug-likeness (QED) is 0.858. The minimum absolute atomic E-state index is 0. The number of halogens is 1. The minimum Gasteiger partial charge on any atom is -0.334 e. The summed E-state index contributed by atoms with van der Waals surface area (Å²) in [6.07, 6.45) is 2.60. The number of hydrogen-bond donors (Lipinski definition) is 1. The first-order valence-corrected chi connectivity index (χ1v) is 9.34. The first kappa shape index (κ1) is 18.7. The van der Waals surface area contributed by atoms with E-state index in [1.807, 2.05) is 26.1 Å². The molecule has 24 heavy (non-hydrogen) atoms. The van der Waals surface area contributed by atoms with E-state index in [1.165, 1.54) is 10.6 Å². The molecular formula is C15H21ClN4O3S. The van der Waals surface area contributed by atoms with Gasteiger partial charge in [0.1, 0.15) is 0 Å². The van der Waals surface area contributed by atoms with Crippen LogP contribution in [0.25, 0.3) is 11.5 Å². The maximum Gasteiger partial charge on any atom is 0.257 e. The van der Waals surface area contributed by atoms with E-state index in [-0.39, 0.29) is 18.4 Å². The van der Waals surface area contributed by atoms with E-state index in [0.29, 0.717) is 31.1 Å². The number of rotatable bonds is 5. The third-order valence-electron chi connectivity index (χ3n) is 4.03. The lowest BCUT2D eigenvalue weighted by Crippen LogP contribution is -2.27. The molecule has 0 saturated carbocycles. The van der Waals surface area contributed by atoms with Crippen molar-refractivity contribution >= 4 is 28.1 Å². The van der Waals surface area contributed by atoms with Crippen LogP contribution in [-0.2, 0) is 22.9 Å². The smallest absolute Gasteiger partial charge is 0.257 e. The molecule has 0 saturated heterocycles. The fourth-order valence-electron chi connectivity index (χ4n) is 2.68. The Hall–Kier alpha value is -1.64. The summed E-state index contributed by atoms with van der Waals surface area (Å²) in [5.74, 6) is 1.11. The number of nitrogens with one attached hydrogen (secondary N) is 1. The summed E-state index contributed by atoms with van der Waals surface area (Å²) in [4.78, 5) is 4.41. The van der Waals surface area contributed by atoms with Gasteiger partial charge in [0.25, 0.3) is 5.89 Å². The Kier molecular flexibility index (Phi) is 5.52. The van der Waals surface area contributed by atoms with Gasteiger partial charge in [0.2, 0.25) is 10.0 Å². The van der Waals surface area contributed by atoms with Crippen molar-refractivity contribution in [1.29, 1.82) is 0 Å². The van der Waals surface area contributed by atoms with Crippen LogP contribution < -0.4 is 9.62 Å². The van der Waals surface area contributed by atoms with Crippen LogP contribution in [0.2, 0.25) is 0 Å². The monoisotopic (exact) mass is 372 g/mol. The summed E-state index contributed by atoms with van der Waals surface area (Å²) in [6, 6.07) is 5.82. The molecule has 2 aromatic rings. The molecule has 0 bridgehead atoms. The molecular weight excluding hydrogens is 352 g/mol. The first-order chi connectivity index (χ1) is 10.9. The Morgan fingerprint density at radius 2 is 2.17 bits per heavy atom. The molecule has 2 heterocycles. The van der Waals surface area contributed by atoms with E-state index in [4.69, 9.17) is 4.52 Å². The Morgan fingerprint density at radius 3 is 2.83 bits per heavy atom. The summed E-state index contributed by atoms with van der Waals surface area (Å²) >= 11 is 0. The standard InChI is InChI=1S/C15H20N4O3S.ClH/c1-10(16-2)8-14-17-15(22-18-14)12-4-5-13-11(9-12)6-7-19(13)23(3,20)21;/h4-5,9-10,16H,6-8H2,1-3H3;1H. The highest BCUT2D eigenvalue weighted by atomic mass is 35.5. The molecule has 1 unspecified atom stereocenters. The van der Waals surface area contributed by atoms with Gasteiger partial charge in [0.15, 0.2) is 5.82 Å². The molecule has 1 atom stereocenters. The van der Waals surface area contributed by atoms with E-state index in [0.717, 1.165) is 16.8 Å². The fourth-order valence-corrected chi connectivity index (χ4v) is 3.64. The van der Waals surface area contributed by atoms with Crippen molar-refractivity contribution in [3.8, 4) is 11.5 Å².